The molecule has 0 radical (unpaired) electrons. The number of carboxylic acid groups (broad SMARTS) is 1. The van der Waals surface area contributed by atoms with E-state index >= 15 is 0 Å². The van der Waals surface area contributed by atoms with Crippen molar-refractivity contribution < 1.29 is 23.1 Å². The van der Waals surface area contributed by atoms with Gasteiger partial charge in [-0.2, -0.15) is 13.2 Å². The summed E-state index contributed by atoms with van der Waals surface area (Å²) in [6, 6.07) is 3.46. The molecule has 0 saturated heterocycles. The van der Waals surface area contributed by atoms with Crippen LogP contribution >= 0.6 is 11.6 Å². The molecule has 0 fully saturated rings. The molecular formula is C17H13ClF3N5O3. The standard InChI is InChI=1S/C17H13ClF3N5O3/c1-7-13(22)25-14-8(4-9(17(19,20)21)6-26(14)15(7)27)5-23-10-2-3-11(18)24-12(10)16(28)29/h2-4,6,23H,5,22H2,1H3,(H,28,29). The second kappa shape index (κ2) is 7.24. The van der Waals surface area contributed by atoms with Gasteiger partial charge in [0, 0.05) is 18.3 Å². The average molecular weight is 428 g/mol. The number of carboxylic acids is 1. The minimum absolute atomic E-state index is 0.01000. The number of rotatable bonds is 4. The first-order valence-electron chi connectivity index (χ1n) is 8.01. The van der Waals surface area contributed by atoms with Crippen LogP contribution < -0.4 is 16.6 Å². The summed E-state index contributed by atoms with van der Waals surface area (Å²) >= 11 is 5.69. The van der Waals surface area contributed by atoms with Crippen LogP contribution in [0.3, 0.4) is 0 Å². The van der Waals surface area contributed by atoms with Gasteiger partial charge in [-0.15, -0.1) is 0 Å². The van der Waals surface area contributed by atoms with Crippen LogP contribution in [-0.2, 0) is 12.7 Å². The summed E-state index contributed by atoms with van der Waals surface area (Å²) in [5.74, 6) is -1.49. The van der Waals surface area contributed by atoms with Crippen molar-refractivity contribution in [2.24, 2.45) is 0 Å². The van der Waals surface area contributed by atoms with Crippen molar-refractivity contribution in [2.45, 2.75) is 19.6 Å². The fraction of sp³-hybridized carbons (Fsp3) is 0.176. The maximum Gasteiger partial charge on any atom is 0.417 e. The number of alkyl halides is 3. The summed E-state index contributed by atoms with van der Waals surface area (Å²) in [5, 5.41) is 11.9. The second-order valence-electron chi connectivity index (χ2n) is 6.06. The normalized spacial score (nSPS) is 11.6. The molecule has 0 aliphatic heterocycles. The maximum absolute atomic E-state index is 13.3. The van der Waals surface area contributed by atoms with Crippen molar-refractivity contribution in [3.05, 3.63) is 62.3 Å². The molecule has 4 N–H and O–H groups in total. The zero-order valence-corrected chi connectivity index (χ0v) is 15.5. The highest BCUT2D eigenvalue weighted by molar-refractivity contribution is 6.29. The van der Waals surface area contributed by atoms with Crippen molar-refractivity contribution in [1.82, 2.24) is 14.4 Å². The lowest BCUT2D eigenvalue weighted by Gasteiger charge is -2.15. The van der Waals surface area contributed by atoms with Crippen molar-refractivity contribution >= 4 is 34.7 Å². The molecule has 152 valence electrons. The van der Waals surface area contributed by atoms with Crippen LogP contribution in [0.2, 0.25) is 5.15 Å². The van der Waals surface area contributed by atoms with E-state index in [2.05, 4.69) is 15.3 Å². The van der Waals surface area contributed by atoms with E-state index in [-0.39, 0.29) is 40.0 Å². The number of hydrogen-bond donors (Lipinski definition) is 3. The summed E-state index contributed by atoms with van der Waals surface area (Å²) in [6.45, 7) is 1.07. The monoisotopic (exact) mass is 427 g/mol. The third-order valence-electron chi connectivity index (χ3n) is 4.12. The lowest BCUT2D eigenvalue weighted by molar-refractivity contribution is -0.137. The van der Waals surface area contributed by atoms with Crippen molar-refractivity contribution in [2.75, 3.05) is 11.1 Å². The Morgan fingerprint density at radius 2 is 2.03 bits per heavy atom. The lowest BCUT2D eigenvalue weighted by atomic mass is 10.1. The molecule has 0 spiro atoms. The molecule has 3 rings (SSSR count). The molecule has 8 nitrogen and oxygen atoms in total. The van der Waals surface area contributed by atoms with Crippen molar-refractivity contribution in [3.63, 3.8) is 0 Å². The highest BCUT2D eigenvalue weighted by Gasteiger charge is 2.32. The molecule has 12 heteroatoms. The molecule has 0 unspecified atom stereocenters. The van der Waals surface area contributed by atoms with E-state index in [9.17, 15) is 27.9 Å². The Bertz CT molecular complexity index is 1190. The molecule has 29 heavy (non-hydrogen) atoms. The third kappa shape index (κ3) is 3.94. The Morgan fingerprint density at radius 1 is 1.34 bits per heavy atom. The predicted octanol–water partition coefficient (Wildman–Crippen LogP) is 2.96. The Kier molecular flexibility index (Phi) is 5.09. The maximum atomic E-state index is 13.3. The molecule has 0 atom stereocenters. The number of pyridine rings is 2. The fourth-order valence-electron chi connectivity index (χ4n) is 2.63. The first-order chi connectivity index (χ1) is 13.5. The quantitative estimate of drug-likeness (QED) is 0.547. The minimum Gasteiger partial charge on any atom is -0.476 e. The van der Waals surface area contributed by atoms with E-state index in [0.717, 1.165) is 10.5 Å². The third-order valence-corrected chi connectivity index (χ3v) is 4.33. The predicted molar refractivity (Wildman–Crippen MR) is 99.1 cm³/mol. The number of aromatic carboxylic acids is 1. The zero-order chi connectivity index (χ0) is 21.5. The SMILES string of the molecule is Cc1c(N)nc2c(CNc3ccc(Cl)nc3C(=O)O)cc(C(F)(F)F)cn2c1=O. The van der Waals surface area contributed by atoms with Gasteiger partial charge in [0.15, 0.2) is 5.69 Å². The summed E-state index contributed by atoms with van der Waals surface area (Å²) in [6.07, 6.45) is -4.07. The molecule has 3 aromatic heterocycles. The van der Waals surface area contributed by atoms with Crippen LogP contribution in [0.15, 0.2) is 29.2 Å². The van der Waals surface area contributed by atoms with Gasteiger partial charge in [0.2, 0.25) is 0 Å². The number of anilines is 2. The summed E-state index contributed by atoms with van der Waals surface area (Å²) in [5.41, 5.74) is 3.42. The van der Waals surface area contributed by atoms with Gasteiger partial charge < -0.3 is 16.2 Å². The number of fused-ring (bicyclic) bond motifs is 1. The molecule has 0 saturated carbocycles. The number of hydrogen-bond acceptors (Lipinski definition) is 6. The van der Waals surface area contributed by atoms with Crippen LogP contribution in [0, 0.1) is 6.92 Å². The first kappa shape index (κ1) is 20.4. The van der Waals surface area contributed by atoms with E-state index in [1.165, 1.54) is 19.1 Å². The van der Waals surface area contributed by atoms with Gasteiger partial charge >= 0.3 is 12.1 Å². The van der Waals surface area contributed by atoms with Crippen LogP contribution in [0.1, 0.15) is 27.2 Å². The number of nitrogens with one attached hydrogen (secondary N) is 1. The smallest absolute Gasteiger partial charge is 0.417 e. The number of carbonyl (C=O) groups is 1. The second-order valence-corrected chi connectivity index (χ2v) is 6.45. The van der Waals surface area contributed by atoms with E-state index in [1.807, 2.05) is 0 Å². The number of nitrogens with two attached hydrogens (primary N) is 1. The Hall–Kier alpha value is -3.34. The van der Waals surface area contributed by atoms with Gasteiger partial charge in [-0.25, -0.2) is 14.8 Å². The Labute approximate surface area is 165 Å². The van der Waals surface area contributed by atoms with E-state index in [1.54, 1.807) is 0 Å². The molecule has 3 aromatic rings. The first-order valence-corrected chi connectivity index (χ1v) is 8.39. The van der Waals surface area contributed by atoms with Gasteiger partial charge in [-0.3, -0.25) is 9.20 Å². The van der Waals surface area contributed by atoms with Gasteiger partial charge in [0.05, 0.1) is 16.8 Å². The van der Waals surface area contributed by atoms with Crippen LogP contribution in [-0.4, -0.2) is 25.4 Å². The number of nitrogens with zero attached hydrogens (tertiary/aromatic N) is 3. The zero-order valence-electron chi connectivity index (χ0n) is 14.7. The summed E-state index contributed by atoms with van der Waals surface area (Å²) in [7, 11) is 0. The van der Waals surface area contributed by atoms with E-state index in [0.29, 0.717) is 6.20 Å². The average Bonchev–Trinajstić information content (AvgIpc) is 2.64. The largest absolute Gasteiger partial charge is 0.476 e. The van der Waals surface area contributed by atoms with Gasteiger partial charge in [-0.1, -0.05) is 11.6 Å². The Morgan fingerprint density at radius 3 is 2.66 bits per heavy atom. The van der Waals surface area contributed by atoms with E-state index in [4.69, 9.17) is 17.3 Å². The number of aromatic nitrogens is 3. The van der Waals surface area contributed by atoms with Crippen molar-refractivity contribution in [3.8, 4) is 0 Å². The topological polar surface area (TPSA) is 123 Å². The highest BCUT2D eigenvalue weighted by atomic mass is 35.5. The number of nitrogen functional groups attached to an aromatic ring is 1. The lowest BCUT2D eigenvalue weighted by Crippen LogP contribution is -2.23. The molecule has 0 aliphatic rings. The van der Waals surface area contributed by atoms with Crippen LogP contribution in [0.25, 0.3) is 5.65 Å². The van der Waals surface area contributed by atoms with E-state index < -0.39 is 29.0 Å². The minimum atomic E-state index is -4.72. The fourth-order valence-corrected chi connectivity index (χ4v) is 2.78. The highest BCUT2D eigenvalue weighted by Crippen LogP contribution is 2.31. The molecular weight excluding hydrogens is 415 g/mol. The van der Waals surface area contributed by atoms with Crippen LogP contribution in [0.4, 0.5) is 24.7 Å². The van der Waals surface area contributed by atoms with Crippen LogP contribution in [0.5, 0.6) is 0 Å². The summed E-state index contributed by atoms with van der Waals surface area (Å²) in [4.78, 5) is 31.4. The molecule has 0 bridgehead atoms. The van der Waals surface area contributed by atoms with Gasteiger partial charge in [-0.05, 0) is 25.1 Å². The van der Waals surface area contributed by atoms with Gasteiger partial charge in [0.1, 0.15) is 16.6 Å². The molecule has 0 aliphatic carbocycles. The summed E-state index contributed by atoms with van der Waals surface area (Å²) < 4.78 is 40.7. The molecule has 0 aromatic carbocycles. The van der Waals surface area contributed by atoms with Gasteiger partial charge in [0.25, 0.3) is 5.56 Å². The molecule has 0 amide bonds. The molecule has 3 heterocycles. The van der Waals surface area contributed by atoms with Crippen molar-refractivity contribution in [1.29, 1.82) is 0 Å². The number of halogens is 4. The Balaban J connectivity index is 2.14.